The first-order valence-corrected chi connectivity index (χ1v) is 7.20. The van der Waals surface area contributed by atoms with E-state index in [-0.39, 0.29) is 21.3 Å². The van der Waals surface area contributed by atoms with Crippen LogP contribution in [-0.2, 0) is 10.0 Å². The number of alkyl halides is 1. The fourth-order valence-electron chi connectivity index (χ4n) is 1.59. The van der Waals surface area contributed by atoms with Gasteiger partial charge in [-0.05, 0) is 25.0 Å². The van der Waals surface area contributed by atoms with Crippen LogP contribution < -0.4 is 4.72 Å². The number of nitrogens with one attached hydrogen (secondary N) is 1. The second-order valence-corrected chi connectivity index (χ2v) is 6.52. The number of benzene rings is 1. The van der Waals surface area contributed by atoms with E-state index < -0.39 is 10.0 Å². The zero-order chi connectivity index (χ0) is 11.8. The van der Waals surface area contributed by atoms with Crippen molar-refractivity contribution in [2.24, 2.45) is 0 Å². The zero-order valence-corrected chi connectivity index (χ0v) is 10.7. The molecule has 0 bridgehead atoms. The van der Waals surface area contributed by atoms with Gasteiger partial charge in [0.05, 0.1) is 5.02 Å². The molecule has 0 aliphatic heterocycles. The van der Waals surface area contributed by atoms with E-state index in [4.69, 9.17) is 23.2 Å². The van der Waals surface area contributed by atoms with Crippen molar-refractivity contribution in [3.8, 4) is 0 Å². The average molecular weight is 280 g/mol. The van der Waals surface area contributed by atoms with Gasteiger partial charge in [-0.15, -0.1) is 11.6 Å². The van der Waals surface area contributed by atoms with Crippen molar-refractivity contribution >= 4 is 33.2 Å². The Morgan fingerprint density at radius 2 is 1.88 bits per heavy atom. The van der Waals surface area contributed by atoms with Gasteiger partial charge in [-0.1, -0.05) is 23.7 Å². The molecule has 1 saturated carbocycles. The molecule has 0 saturated heterocycles. The Bertz CT molecular complexity index is 483. The summed E-state index contributed by atoms with van der Waals surface area (Å²) in [6, 6.07) is 6.32. The van der Waals surface area contributed by atoms with Crippen LogP contribution in [0.5, 0.6) is 0 Å². The summed E-state index contributed by atoms with van der Waals surface area (Å²) in [6.45, 7) is 0. The molecule has 16 heavy (non-hydrogen) atoms. The Kier molecular flexibility index (Phi) is 3.45. The molecule has 0 atom stereocenters. The number of hydrogen-bond donors (Lipinski definition) is 1. The fraction of sp³-hybridized carbons (Fsp3) is 0.400. The third-order valence-electron chi connectivity index (χ3n) is 2.53. The molecule has 88 valence electrons. The molecule has 1 N–H and O–H groups in total. The second-order valence-electron chi connectivity index (χ2n) is 3.82. The maximum absolute atomic E-state index is 11.9. The van der Waals surface area contributed by atoms with Crippen LogP contribution in [0.25, 0.3) is 0 Å². The average Bonchev–Trinajstić information content (AvgIpc) is 2.15. The minimum atomic E-state index is -3.52. The summed E-state index contributed by atoms with van der Waals surface area (Å²) in [5.41, 5.74) is 0. The topological polar surface area (TPSA) is 46.2 Å². The van der Waals surface area contributed by atoms with Crippen molar-refractivity contribution < 1.29 is 8.42 Å². The number of sulfonamides is 1. The van der Waals surface area contributed by atoms with Gasteiger partial charge in [0, 0.05) is 11.4 Å². The molecule has 1 aromatic carbocycles. The molecule has 0 unspecified atom stereocenters. The molecule has 1 fully saturated rings. The number of hydrogen-bond acceptors (Lipinski definition) is 2. The van der Waals surface area contributed by atoms with E-state index >= 15 is 0 Å². The van der Waals surface area contributed by atoms with Crippen LogP contribution in [0.4, 0.5) is 0 Å². The van der Waals surface area contributed by atoms with Gasteiger partial charge in [0.15, 0.2) is 0 Å². The van der Waals surface area contributed by atoms with Crippen LogP contribution in [0, 0.1) is 0 Å². The van der Waals surface area contributed by atoms with Crippen molar-refractivity contribution in [2.45, 2.75) is 29.2 Å². The highest BCUT2D eigenvalue weighted by Gasteiger charge is 2.31. The molecule has 1 aliphatic carbocycles. The molecule has 0 heterocycles. The fourth-order valence-corrected chi connectivity index (χ4v) is 3.80. The summed E-state index contributed by atoms with van der Waals surface area (Å²) in [5.74, 6) is 0. The maximum Gasteiger partial charge on any atom is 0.242 e. The van der Waals surface area contributed by atoms with Crippen molar-refractivity contribution in [1.82, 2.24) is 4.72 Å². The molecule has 0 amide bonds. The third-order valence-corrected chi connectivity index (χ3v) is 4.91. The smallest absolute Gasteiger partial charge is 0.208 e. The molecular formula is C10H11Cl2NO2S. The first-order valence-electron chi connectivity index (χ1n) is 4.90. The predicted octanol–water partition coefficient (Wildman–Crippen LogP) is 2.39. The van der Waals surface area contributed by atoms with Crippen LogP contribution in [-0.4, -0.2) is 19.8 Å². The Hall–Kier alpha value is -0.290. The lowest BCUT2D eigenvalue weighted by Gasteiger charge is -2.31. The van der Waals surface area contributed by atoms with E-state index in [1.807, 2.05) is 0 Å². The van der Waals surface area contributed by atoms with Gasteiger partial charge in [-0.2, -0.15) is 0 Å². The van der Waals surface area contributed by atoms with Gasteiger partial charge in [0.25, 0.3) is 0 Å². The van der Waals surface area contributed by atoms with Crippen LogP contribution >= 0.6 is 23.2 Å². The lowest BCUT2D eigenvalue weighted by atomic mass is 9.94. The van der Waals surface area contributed by atoms with Crippen molar-refractivity contribution in [2.75, 3.05) is 0 Å². The first kappa shape index (κ1) is 12.2. The molecular weight excluding hydrogens is 269 g/mol. The summed E-state index contributed by atoms with van der Waals surface area (Å²) in [4.78, 5) is 0.120. The Balaban J connectivity index is 2.16. The normalized spacial score (nSPS) is 25.1. The molecule has 1 aromatic rings. The predicted molar refractivity (Wildman–Crippen MR) is 64.4 cm³/mol. The standard InChI is InChI=1S/C10H11Cl2NO2S/c11-7-5-8(6-7)13-16(14,15)10-4-2-1-3-9(10)12/h1-4,7-8,13H,5-6H2. The highest BCUT2D eigenvalue weighted by atomic mass is 35.5. The number of rotatable bonds is 3. The molecule has 6 heteroatoms. The van der Waals surface area contributed by atoms with Crippen LogP contribution in [0.15, 0.2) is 29.2 Å². The van der Waals surface area contributed by atoms with E-state index in [1.165, 1.54) is 6.07 Å². The third kappa shape index (κ3) is 2.51. The molecule has 2 rings (SSSR count). The summed E-state index contributed by atoms with van der Waals surface area (Å²) in [6.07, 6.45) is 1.34. The van der Waals surface area contributed by atoms with Gasteiger partial charge >= 0.3 is 0 Å². The van der Waals surface area contributed by atoms with Gasteiger partial charge < -0.3 is 0 Å². The Morgan fingerprint density at radius 1 is 1.25 bits per heavy atom. The molecule has 0 aromatic heterocycles. The highest BCUT2D eigenvalue weighted by Crippen LogP contribution is 2.28. The van der Waals surface area contributed by atoms with E-state index in [0.29, 0.717) is 12.8 Å². The van der Waals surface area contributed by atoms with E-state index in [1.54, 1.807) is 18.2 Å². The minimum absolute atomic E-state index is 0.0660. The molecule has 0 spiro atoms. The van der Waals surface area contributed by atoms with Crippen LogP contribution in [0.2, 0.25) is 5.02 Å². The van der Waals surface area contributed by atoms with Gasteiger partial charge in [0.2, 0.25) is 10.0 Å². The lowest BCUT2D eigenvalue weighted by Crippen LogP contribution is -2.44. The van der Waals surface area contributed by atoms with Crippen molar-refractivity contribution in [3.05, 3.63) is 29.3 Å². The highest BCUT2D eigenvalue weighted by molar-refractivity contribution is 7.89. The van der Waals surface area contributed by atoms with Gasteiger partial charge in [-0.25, -0.2) is 13.1 Å². The molecule has 0 radical (unpaired) electrons. The summed E-state index contributed by atoms with van der Waals surface area (Å²) >= 11 is 11.6. The zero-order valence-electron chi connectivity index (χ0n) is 8.36. The Labute approximate surface area is 105 Å². The molecule has 1 aliphatic rings. The SMILES string of the molecule is O=S(=O)(NC1CC(Cl)C1)c1ccccc1Cl. The van der Waals surface area contributed by atoms with Crippen molar-refractivity contribution in [1.29, 1.82) is 0 Å². The Morgan fingerprint density at radius 3 is 2.44 bits per heavy atom. The summed E-state index contributed by atoms with van der Waals surface area (Å²) in [5, 5.41) is 0.315. The monoisotopic (exact) mass is 279 g/mol. The number of halogens is 2. The van der Waals surface area contributed by atoms with E-state index in [0.717, 1.165) is 0 Å². The first-order chi connectivity index (χ1) is 7.49. The lowest BCUT2D eigenvalue weighted by molar-refractivity contribution is 0.391. The quantitative estimate of drug-likeness (QED) is 0.864. The maximum atomic E-state index is 11.9. The second kappa shape index (κ2) is 4.53. The van der Waals surface area contributed by atoms with Crippen LogP contribution in [0.3, 0.4) is 0 Å². The summed E-state index contributed by atoms with van der Waals surface area (Å²) in [7, 11) is -3.52. The van der Waals surface area contributed by atoms with Gasteiger partial charge in [0.1, 0.15) is 4.90 Å². The largest absolute Gasteiger partial charge is 0.242 e. The van der Waals surface area contributed by atoms with Crippen molar-refractivity contribution in [3.63, 3.8) is 0 Å². The van der Waals surface area contributed by atoms with Gasteiger partial charge in [-0.3, -0.25) is 0 Å². The van der Waals surface area contributed by atoms with E-state index in [9.17, 15) is 8.42 Å². The summed E-state index contributed by atoms with van der Waals surface area (Å²) < 4.78 is 26.4. The van der Waals surface area contributed by atoms with Crippen LogP contribution in [0.1, 0.15) is 12.8 Å². The minimum Gasteiger partial charge on any atom is -0.208 e. The van der Waals surface area contributed by atoms with E-state index in [2.05, 4.69) is 4.72 Å². The molecule has 3 nitrogen and oxygen atoms in total.